The van der Waals surface area contributed by atoms with Crippen molar-refractivity contribution in [3.63, 3.8) is 0 Å². The molecule has 0 aliphatic carbocycles. The van der Waals surface area contributed by atoms with E-state index in [1.807, 2.05) is 6.07 Å². The van der Waals surface area contributed by atoms with Crippen LogP contribution in [0.5, 0.6) is 0 Å². The standard InChI is InChI=1S/C9H8BrNS2/c10-5-6-12-9-11-7-3-1-2-4-8(7)13-9/h1-4H,5-6H2. The zero-order valence-electron chi connectivity index (χ0n) is 6.87. The number of thioether (sulfide) groups is 1. The largest absolute Gasteiger partial charge is 0.230 e. The summed E-state index contributed by atoms with van der Waals surface area (Å²) in [6.45, 7) is 0. The van der Waals surface area contributed by atoms with Gasteiger partial charge in [-0.2, -0.15) is 0 Å². The molecule has 4 heteroatoms. The highest BCUT2D eigenvalue weighted by Gasteiger charge is 2.01. The molecule has 0 amide bonds. The van der Waals surface area contributed by atoms with E-state index in [4.69, 9.17) is 0 Å². The Morgan fingerprint density at radius 3 is 3.00 bits per heavy atom. The number of rotatable bonds is 3. The normalized spacial score (nSPS) is 10.8. The fraction of sp³-hybridized carbons (Fsp3) is 0.222. The number of halogens is 1. The maximum atomic E-state index is 4.51. The third kappa shape index (κ3) is 2.24. The van der Waals surface area contributed by atoms with E-state index < -0.39 is 0 Å². The Hall–Kier alpha value is -0.0600. The third-order valence-electron chi connectivity index (χ3n) is 1.58. The highest BCUT2D eigenvalue weighted by atomic mass is 79.9. The van der Waals surface area contributed by atoms with Crippen LogP contribution >= 0.6 is 39.0 Å². The maximum absolute atomic E-state index is 4.51. The maximum Gasteiger partial charge on any atom is 0.151 e. The fourth-order valence-corrected chi connectivity index (χ4v) is 3.39. The van der Waals surface area contributed by atoms with Gasteiger partial charge in [-0.15, -0.1) is 11.3 Å². The van der Waals surface area contributed by atoms with E-state index in [2.05, 4.69) is 39.1 Å². The van der Waals surface area contributed by atoms with Crippen molar-refractivity contribution in [2.75, 3.05) is 11.1 Å². The Balaban J connectivity index is 2.28. The van der Waals surface area contributed by atoms with Crippen LogP contribution in [0.4, 0.5) is 0 Å². The molecule has 0 radical (unpaired) electrons. The minimum absolute atomic E-state index is 1.02. The minimum Gasteiger partial charge on any atom is -0.230 e. The summed E-state index contributed by atoms with van der Waals surface area (Å²) >= 11 is 6.98. The van der Waals surface area contributed by atoms with Gasteiger partial charge in [0.05, 0.1) is 10.2 Å². The van der Waals surface area contributed by atoms with Crippen molar-refractivity contribution >= 4 is 49.2 Å². The number of thiazole rings is 1. The fourth-order valence-electron chi connectivity index (χ4n) is 1.04. The van der Waals surface area contributed by atoms with Crippen LogP contribution < -0.4 is 0 Å². The number of nitrogens with zero attached hydrogens (tertiary/aromatic N) is 1. The summed E-state index contributed by atoms with van der Waals surface area (Å²) in [7, 11) is 0. The first-order valence-electron chi connectivity index (χ1n) is 3.94. The van der Waals surface area contributed by atoms with Crippen LogP contribution in [0.3, 0.4) is 0 Å². The quantitative estimate of drug-likeness (QED) is 0.624. The molecule has 1 heterocycles. The molecular formula is C9H8BrNS2. The minimum atomic E-state index is 1.02. The molecule has 0 N–H and O–H groups in total. The van der Waals surface area contributed by atoms with Crippen molar-refractivity contribution in [2.24, 2.45) is 0 Å². The number of benzene rings is 1. The van der Waals surface area contributed by atoms with Gasteiger partial charge in [0.2, 0.25) is 0 Å². The predicted octanol–water partition coefficient (Wildman–Crippen LogP) is 3.78. The van der Waals surface area contributed by atoms with Crippen LogP contribution in [0.1, 0.15) is 0 Å². The Bertz CT molecular complexity index is 366. The lowest BCUT2D eigenvalue weighted by molar-refractivity contribution is 1.30. The third-order valence-corrected chi connectivity index (χ3v) is 4.68. The van der Waals surface area contributed by atoms with Crippen LogP contribution in [0.15, 0.2) is 28.6 Å². The van der Waals surface area contributed by atoms with Gasteiger partial charge in [-0.25, -0.2) is 4.98 Å². The smallest absolute Gasteiger partial charge is 0.151 e. The highest BCUT2D eigenvalue weighted by Crippen LogP contribution is 2.29. The van der Waals surface area contributed by atoms with Crippen molar-refractivity contribution in [1.29, 1.82) is 0 Å². The first kappa shape index (κ1) is 9.49. The number of fused-ring (bicyclic) bond motifs is 1. The topological polar surface area (TPSA) is 12.9 Å². The van der Waals surface area contributed by atoms with Crippen molar-refractivity contribution in [2.45, 2.75) is 4.34 Å². The lowest BCUT2D eigenvalue weighted by Gasteiger charge is -1.88. The van der Waals surface area contributed by atoms with E-state index in [0.717, 1.165) is 16.6 Å². The van der Waals surface area contributed by atoms with Crippen molar-refractivity contribution in [3.05, 3.63) is 24.3 Å². The molecule has 0 saturated carbocycles. The van der Waals surface area contributed by atoms with Crippen LogP contribution in [0, 0.1) is 0 Å². The summed E-state index contributed by atoms with van der Waals surface area (Å²) in [6, 6.07) is 8.26. The summed E-state index contributed by atoms with van der Waals surface area (Å²) < 4.78 is 2.44. The van der Waals surface area contributed by atoms with Crippen molar-refractivity contribution < 1.29 is 0 Å². The first-order chi connectivity index (χ1) is 6.40. The Morgan fingerprint density at radius 2 is 2.23 bits per heavy atom. The summed E-state index contributed by atoms with van der Waals surface area (Å²) in [5.74, 6) is 1.08. The van der Waals surface area contributed by atoms with E-state index in [9.17, 15) is 0 Å². The number of para-hydroxylation sites is 1. The van der Waals surface area contributed by atoms with Gasteiger partial charge in [0, 0.05) is 11.1 Å². The molecule has 2 aromatic rings. The molecule has 2 rings (SSSR count). The van der Waals surface area contributed by atoms with Crippen LogP contribution in [-0.4, -0.2) is 16.1 Å². The van der Waals surface area contributed by atoms with E-state index in [0.29, 0.717) is 0 Å². The molecule has 0 aliphatic rings. The molecule has 1 aromatic heterocycles. The van der Waals surface area contributed by atoms with Gasteiger partial charge in [0.25, 0.3) is 0 Å². The SMILES string of the molecule is BrCCSc1nc2ccccc2s1. The van der Waals surface area contributed by atoms with Gasteiger partial charge in [-0.3, -0.25) is 0 Å². The van der Waals surface area contributed by atoms with Crippen LogP contribution in [0.2, 0.25) is 0 Å². The molecule has 13 heavy (non-hydrogen) atoms. The first-order valence-corrected chi connectivity index (χ1v) is 6.87. The molecule has 1 aromatic carbocycles. The average Bonchev–Trinajstić information content (AvgIpc) is 2.57. The lowest BCUT2D eigenvalue weighted by atomic mass is 10.3. The molecule has 0 spiro atoms. The molecule has 0 atom stereocenters. The van der Waals surface area contributed by atoms with Crippen LogP contribution in [-0.2, 0) is 0 Å². The van der Waals surface area contributed by atoms with E-state index in [1.54, 1.807) is 23.1 Å². The molecule has 0 saturated heterocycles. The summed E-state index contributed by atoms with van der Waals surface area (Å²) in [5.41, 5.74) is 1.12. The van der Waals surface area contributed by atoms with Crippen LogP contribution in [0.25, 0.3) is 10.2 Å². The second-order valence-electron chi connectivity index (χ2n) is 2.48. The molecule has 1 nitrogen and oxygen atoms in total. The van der Waals surface area contributed by atoms with Gasteiger partial charge in [0.15, 0.2) is 4.34 Å². The second-order valence-corrected chi connectivity index (χ2v) is 5.65. The van der Waals surface area contributed by atoms with Gasteiger partial charge in [-0.1, -0.05) is 39.8 Å². The molecule has 68 valence electrons. The molecular weight excluding hydrogens is 266 g/mol. The average molecular weight is 274 g/mol. The predicted molar refractivity (Wildman–Crippen MR) is 64.1 cm³/mol. The summed E-state index contributed by atoms with van der Waals surface area (Å²) in [6.07, 6.45) is 0. The number of hydrogen-bond donors (Lipinski definition) is 0. The van der Waals surface area contributed by atoms with Crippen molar-refractivity contribution in [3.8, 4) is 0 Å². The summed E-state index contributed by atoms with van der Waals surface area (Å²) in [4.78, 5) is 4.51. The number of hydrogen-bond acceptors (Lipinski definition) is 3. The lowest BCUT2D eigenvalue weighted by Crippen LogP contribution is -1.76. The second kappa shape index (κ2) is 4.44. The van der Waals surface area contributed by atoms with E-state index in [-0.39, 0.29) is 0 Å². The Labute approximate surface area is 93.7 Å². The molecule has 0 unspecified atom stereocenters. The highest BCUT2D eigenvalue weighted by molar-refractivity contribution is 9.09. The van der Waals surface area contributed by atoms with Gasteiger partial charge in [0.1, 0.15) is 0 Å². The number of aromatic nitrogens is 1. The zero-order valence-corrected chi connectivity index (χ0v) is 10.1. The molecule has 0 fully saturated rings. The van der Waals surface area contributed by atoms with Gasteiger partial charge >= 0.3 is 0 Å². The van der Waals surface area contributed by atoms with Crippen molar-refractivity contribution in [1.82, 2.24) is 4.98 Å². The molecule has 0 aliphatic heterocycles. The van der Waals surface area contributed by atoms with Gasteiger partial charge < -0.3 is 0 Å². The van der Waals surface area contributed by atoms with E-state index in [1.165, 1.54) is 9.04 Å². The number of alkyl halides is 1. The Morgan fingerprint density at radius 1 is 1.38 bits per heavy atom. The Kier molecular flexibility index (Phi) is 3.24. The van der Waals surface area contributed by atoms with E-state index >= 15 is 0 Å². The summed E-state index contributed by atoms with van der Waals surface area (Å²) in [5, 5.41) is 1.02. The molecule has 0 bridgehead atoms. The van der Waals surface area contributed by atoms with Gasteiger partial charge in [-0.05, 0) is 12.1 Å². The zero-order chi connectivity index (χ0) is 9.10. The monoisotopic (exact) mass is 273 g/mol.